The van der Waals surface area contributed by atoms with E-state index in [1.54, 1.807) is 0 Å². The Morgan fingerprint density at radius 1 is 1.12 bits per heavy atom. The number of hydrogen-bond acceptors (Lipinski definition) is 5. The molecular formula is C21H25NO4. The maximum absolute atomic E-state index is 6.81. The molecule has 1 aromatic rings. The summed E-state index contributed by atoms with van der Waals surface area (Å²) in [5, 5.41) is 0. The van der Waals surface area contributed by atoms with E-state index in [2.05, 4.69) is 30.9 Å². The van der Waals surface area contributed by atoms with Crippen molar-refractivity contribution in [2.24, 2.45) is 5.92 Å². The molecule has 4 heterocycles. The fourth-order valence-corrected chi connectivity index (χ4v) is 7.59. The van der Waals surface area contributed by atoms with Crippen LogP contribution in [0.25, 0.3) is 0 Å². The summed E-state index contributed by atoms with van der Waals surface area (Å²) in [7, 11) is 0. The summed E-state index contributed by atoms with van der Waals surface area (Å²) in [6.45, 7) is 7.70. The van der Waals surface area contributed by atoms with Gasteiger partial charge < -0.3 is 18.9 Å². The molecule has 0 N–H and O–H groups in total. The largest absolute Gasteiger partial charge is 0.483 e. The monoisotopic (exact) mass is 355 g/mol. The normalized spacial score (nSPS) is 48.5. The number of rotatable bonds is 0. The Morgan fingerprint density at radius 2 is 1.96 bits per heavy atom. The van der Waals surface area contributed by atoms with Crippen molar-refractivity contribution < 1.29 is 18.9 Å². The molecule has 3 spiro atoms. The molecule has 4 aliphatic heterocycles. The van der Waals surface area contributed by atoms with E-state index in [1.165, 1.54) is 16.7 Å². The summed E-state index contributed by atoms with van der Waals surface area (Å²) < 4.78 is 26.1. The van der Waals surface area contributed by atoms with Gasteiger partial charge in [-0.3, -0.25) is 4.90 Å². The Balaban J connectivity index is 1.59. The molecule has 5 heteroatoms. The van der Waals surface area contributed by atoms with Crippen molar-refractivity contribution in [3.05, 3.63) is 28.8 Å². The highest BCUT2D eigenvalue weighted by atomic mass is 16.8. The number of ether oxygens (including phenoxy) is 4. The zero-order valence-corrected chi connectivity index (χ0v) is 15.4. The Kier molecular flexibility index (Phi) is 2.46. The van der Waals surface area contributed by atoms with Crippen LogP contribution in [0.15, 0.2) is 12.1 Å². The van der Waals surface area contributed by atoms with E-state index in [0.29, 0.717) is 25.2 Å². The second-order valence-corrected chi connectivity index (χ2v) is 9.18. The van der Waals surface area contributed by atoms with Crippen molar-refractivity contribution >= 4 is 0 Å². The van der Waals surface area contributed by atoms with E-state index in [0.717, 1.165) is 38.3 Å². The van der Waals surface area contributed by atoms with Gasteiger partial charge >= 0.3 is 0 Å². The average molecular weight is 355 g/mol. The summed E-state index contributed by atoms with van der Waals surface area (Å²) in [5.41, 5.74) is 3.77. The highest BCUT2D eigenvalue weighted by molar-refractivity contribution is 5.61. The molecule has 4 fully saturated rings. The summed E-state index contributed by atoms with van der Waals surface area (Å²) in [6, 6.07) is 5.00. The topological polar surface area (TPSA) is 40.2 Å². The van der Waals surface area contributed by atoms with E-state index >= 15 is 0 Å². The van der Waals surface area contributed by atoms with Gasteiger partial charge in [0.1, 0.15) is 12.5 Å². The minimum absolute atomic E-state index is 0.112. The van der Waals surface area contributed by atoms with Crippen molar-refractivity contribution in [1.29, 1.82) is 0 Å². The van der Waals surface area contributed by atoms with Crippen molar-refractivity contribution in [2.75, 3.05) is 26.5 Å². The Bertz CT molecular complexity index is 834. The molecule has 0 radical (unpaired) electrons. The predicted octanol–water partition coefficient (Wildman–Crippen LogP) is 2.13. The molecule has 0 amide bonds. The summed E-state index contributed by atoms with van der Waals surface area (Å²) in [6.07, 6.45) is 2.81. The molecule has 26 heavy (non-hydrogen) atoms. The predicted molar refractivity (Wildman–Crippen MR) is 93.2 cm³/mol. The summed E-state index contributed by atoms with van der Waals surface area (Å²) in [4.78, 5) is 2.57. The molecule has 1 aromatic carbocycles. The van der Waals surface area contributed by atoms with Gasteiger partial charge in [-0.05, 0) is 36.8 Å². The maximum atomic E-state index is 6.81. The number of aryl methyl sites for hydroxylation is 1. The van der Waals surface area contributed by atoms with Crippen molar-refractivity contribution in [2.45, 2.75) is 62.1 Å². The summed E-state index contributed by atoms with van der Waals surface area (Å²) in [5.74, 6) is 0.915. The zero-order valence-electron chi connectivity index (χ0n) is 15.4. The van der Waals surface area contributed by atoms with Crippen molar-refractivity contribution in [1.82, 2.24) is 4.90 Å². The van der Waals surface area contributed by atoms with Crippen molar-refractivity contribution in [3.8, 4) is 5.75 Å². The minimum Gasteiger partial charge on any atom is -0.483 e. The number of benzene rings is 1. The van der Waals surface area contributed by atoms with Gasteiger partial charge in [-0.2, -0.15) is 0 Å². The van der Waals surface area contributed by atoms with Crippen LogP contribution in [0.2, 0.25) is 0 Å². The summed E-state index contributed by atoms with van der Waals surface area (Å²) >= 11 is 0. The van der Waals surface area contributed by atoms with Crippen molar-refractivity contribution in [3.63, 3.8) is 0 Å². The van der Waals surface area contributed by atoms with Crippen LogP contribution in [0.3, 0.4) is 0 Å². The Hall–Kier alpha value is -1.14. The molecule has 4 bridgehead atoms. The Labute approximate surface area is 153 Å². The lowest BCUT2D eigenvalue weighted by atomic mass is 9.45. The molecular weight excluding hydrogens is 330 g/mol. The Morgan fingerprint density at radius 3 is 2.81 bits per heavy atom. The molecule has 2 aliphatic carbocycles. The third kappa shape index (κ3) is 1.27. The highest BCUT2D eigenvalue weighted by Crippen LogP contribution is 2.71. The van der Waals surface area contributed by atoms with Crippen LogP contribution in [0, 0.1) is 12.8 Å². The second kappa shape index (κ2) is 4.30. The van der Waals surface area contributed by atoms with Crippen LogP contribution >= 0.6 is 0 Å². The molecule has 3 saturated heterocycles. The average Bonchev–Trinajstić information content (AvgIpc) is 3.30. The first-order chi connectivity index (χ1) is 12.6. The number of piperidine rings is 1. The quantitative estimate of drug-likeness (QED) is 0.713. The highest BCUT2D eigenvalue weighted by Gasteiger charge is 2.81. The molecule has 138 valence electrons. The lowest BCUT2D eigenvalue weighted by molar-refractivity contribution is -0.290. The van der Waals surface area contributed by atoms with Gasteiger partial charge in [0.25, 0.3) is 0 Å². The first kappa shape index (κ1) is 14.9. The fourth-order valence-electron chi connectivity index (χ4n) is 7.59. The van der Waals surface area contributed by atoms with Gasteiger partial charge in [0.05, 0.1) is 24.2 Å². The number of hydrogen-bond donors (Lipinski definition) is 0. The van der Waals surface area contributed by atoms with Gasteiger partial charge in [0.2, 0.25) is 5.79 Å². The van der Waals surface area contributed by atoms with Crippen LogP contribution < -0.4 is 4.74 Å². The number of nitrogens with zero attached hydrogens (tertiary/aromatic N) is 1. The maximum Gasteiger partial charge on any atom is 0.207 e. The third-order valence-corrected chi connectivity index (χ3v) is 8.39. The van der Waals surface area contributed by atoms with E-state index in [9.17, 15) is 0 Å². The molecule has 6 atom stereocenters. The molecule has 0 aromatic heterocycles. The van der Waals surface area contributed by atoms with E-state index in [-0.39, 0.29) is 17.1 Å². The van der Waals surface area contributed by atoms with E-state index in [1.807, 2.05) is 0 Å². The molecule has 2 unspecified atom stereocenters. The van der Waals surface area contributed by atoms with E-state index in [4.69, 9.17) is 18.9 Å². The zero-order chi connectivity index (χ0) is 17.3. The van der Waals surface area contributed by atoms with Gasteiger partial charge in [-0.25, -0.2) is 0 Å². The molecule has 6 aliphatic rings. The number of fused-ring (bicyclic) bond motifs is 1. The molecule has 7 rings (SSSR count). The first-order valence-electron chi connectivity index (χ1n) is 10.1. The van der Waals surface area contributed by atoms with Gasteiger partial charge in [0, 0.05) is 24.6 Å². The van der Waals surface area contributed by atoms with Crippen LogP contribution in [0.1, 0.15) is 36.5 Å². The smallest absolute Gasteiger partial charge is 0.207 e. The van der Waals surface area contributed by atoms with Gasteiger partial charge in [-0.15, -0.1) is 0 Å². The van der Waals surface area contributed by atoms with E-state index < -0.39 is 5.79 Å². The van der Waals surface area contributed by atoms with Crippen LogP contribution in [0.5, 0.6) is 5.75 Å². The second-order valence-electron chi connectivity index (χ2n) is 9.18. The van der Waals surface area contributed by atoms with Crippen LogP contribution in [-0.2, 0) is 26.0 Å². The first-order valence-corrected chi connectivity index (χ1v) is 10.1. The fraction of sp³-hybridized carbons (Fsp3) is 0.714. The lowest BCUT2D eigenvalue weighted by Gasteiger charge is -2.64. The lowest BCUT2D eigenvalue weighted by Crippen LogP contribution is -2.79. The molecule has 1 saturated carbocycles. The van der Waals surface area contributed by atoms with Gasteiger partial charge in [0.15, 0.2) is 6.10 Å². The van der Waals surface area contributed by atoms with Gasteiger partial charge in [-0.1, -0.05) is 19.1 Å². The van der Waals surface area contributed by atoms with Crippen LogP contribution in [0.4, 0.5) is 0 Å². The third-order valence-electron chi connectivity index (χ3n) is 8.39. The molecule has 5 nitrogen and oxygen atoms in total. The minimum atomic E-state index is -0.613. The SMILES string of the molecule is Cc1ccc2c3c1O[C@H]1C4(CC[C@]56OCN(CC(C)[C@]315)[C@@H]6C2)OCCO4. The standard InChI is InChI=1S/C21H25NO4/c1-12-3-4-14-9-15-19-5-6-20(23-7-8-24-20)18-21(19,16(14)17(12)26-18)13(2)10-22(15)11-25-19/h3-4,13,15,18H,5-11H2,1-2H3/t13?,15-,18+,19-,21+/m1/s1. The van der Waals surface area contributed by atoms with Crippen LogP contribution in [-0.4, -0.2) is 54.9 Å².